The van der Waals surface area contributed by atoms with Crippen LogP contribution >= 0.6 is 0 Å². The fraction of sp³-hybridized carbons (Fsp3) is 0.875. The van der Waals surface area contributed by atoms with E-state index in [1.807, 2.05) is 0 Å². The van der Waals surface area contributed by atoms with E-state index < -0.39 is 0 Å². The van der Waals surface area contributed by atoms with Crippen molar-refractivity contribution in [1.29, 1.82) is 0 Å². The fourth-order valence-electron chi connectivity index (χ4n) is 3.58. The van der Waals surface area contributed by atoms with Gasteiger partial charge in [0.05, 0.1) is 6.54 Å². The molecule has 1 atom stereocenters. The molecule has 0 spiro atoms. The number of hydrogen-bond acceptors (Lipinski definition) is 4. The summed E-state index contributed by atoms with van der Waals surface area (Å²) in [7, 11) is 0. The van der Waals surface area contributed by atoms with Crippen molar-refractivity contribution in [3.8, 4) is 0 Å². The molecule has 0 amide bonds. The molecule has 0 bridgehead atoms. The van der Waals surface area contributed by atoms with Gasteiger partial charge in [-0.3, -0.25) is 4.90 Å². The van der Waals surface area contributed by atoms with E-state index in [4.69, 9.17) is 0 Å². The first-order valence-electron chi connectivity index (χ1n) is 8.20. The lowest BCUT2D eigenvalue weighted by atomic mass is 9.86. The molecule has 1 aromatic heterocycles. The lowest BCUT2D eigenvalue weighted by Gasteiger charge is -2.51. The number of aromatic nitrogens is 3. The first-order valence-corrected chi connectivity index (χ1v) is 8.20. The number of hydrogen-bond donors (Lipinski definition) is 1. The van der Waals surface area contributed by atoms with Crippen LogP contribution in [0.4, 0.5) is 0 Å². The summed E-state index contributed by atoms with van der Waals surface area (Å²) in [6, 6.07) is 0.366. The normalized spacial score (nSPS) is 30.0. The van der Waals surface area contributed by atoms with E-state index in [2.05, 4.69) is 59.6 Å². The fourth-order valence-corrected chi connectivity index (χ4v) is 3.58. The molecule has 21 heavy (non-hydrogen) atoms. The molecular weight excluding hydrogens is 262 g/mol. The van der Waals surface area contributed by atoms with Crippen molar-refractivity contribution in [3.05, 3.63) is 12.2 Å². The van der Waals surface area contributed by atoms with E-state index >= 15 is 0 Å². The summed E-state index contributed by atoms with van der Waals surface area (Å²) < 4.78 is 2.06. The zero-order valence-corrected chi connectivity index (χ0v) is 14.1. The summed E-state index contributed by atoms with van der Waals surface area (Å²) in [5, 5.41) is 8.12. The minimum atomic E-state index is 0.164. The molecule has 1 N–H and O–H groups in total. The maximum Gasteiger partial charge on any atom is 0.141 e. The maximum atomic E-state index is 4.51. The minimum Gasteiger partial charge on any atom is -0.309 e. The topological polar surface area (TPSA) is 46.0 Å². The first kappa shape index (κ1) is 15.0. The highest BCUT2D eigenvalue weighted by Gasteiger charge is 2.49. The second-order valence-corrected chi connectivity index (χ2v) is 7.94. The Hall–Kier alpha value is -0.940. The Morgan fingerprint density at radius 2 is 2.05 bits per heavy atom. The summed E-state index contributed by atoms with van der Waals surface area (Å²) in [5.41, 5.74) is 0.417. The quantitative estimate of drug-likeness (QED) is 0.924. The van der Waals surface area contributed by atoms with Gasteiger partial charge in [-0.15, -0.1) is 0 Å². The standard InChI is InChI=1S/C16H29N5/c1-12(2)21-14(17-11-19-21)8-20-10-15(3,4)18-9-16(20,5)13-6-7-13/h11-13,18H,6-10H2,1-5H3. The Morgan fingerprint density at radius 1 is 1.33 bits per heavy atom. The molecule has 0 radical (unpaired) electrons. The van der Waals surface area contributed by atoms with E-state index in [0.717, 1.165) is 31.4 Å². The molecule has 0 aromatic carbocycles. The van der Waals surface area contributed by atoms with Gasteiger partial charge in [0.15, 0.2) is 0 Å². The maximum absolute atomic E-state index is 4.51. The van der Waals surface area contributed by atoms with Crippen molar-refractivity contribution in [2.45, 2.75) is 71.1 Å². The molecule has 1 saturated carbocycles. The molecule has 3 rings (SSSR count). The Morgan fingerprint density at radius 3 is 2.67 bits per heavy atom. The van der Waals surface area contributed by atoms with Crippen LogP contribution in [0.15, 0.2) is 6.33 Å². The van der Waals surface area contributed by atoms with Crippen LogP contribution in [0, 0.1) is 5.92 Å². The molecule has 1 aromatic rings. The Bertz CT molecular complexity index is 503. The van der Waals surface area contributed by atoms with Gasteiger partial charge < -0.3 is 5.32 Å². The molecule has 118 valence electrons. The zero-order chi connectivity index (χ0) is 15.3. The van der Waals surface area contributed by atoms with Crippen LogP contribution in [0.2, 0.25) is 0 Å². The van der Waals surface area contributed by atoms with Crippen LogP contribution in [-0.4, -0.2) is 43.8 Å². The van der Waals surface area contributed by atoms with Crippen molar-refractivity contribution in [1.82, 2.24) is 25.0 Å². The van der Waals surface area contributed by atoms with E-state index in [1.165, 1.54) is 12.8 Å². The monoisotopic (exact) mass is 291 g/mol. The molecule has 2 aliphatic rings. The van der Waals surface area contributed by atoms with Gasteiger partial charge in [-0.2, -0.15) is 5.10 Å². The van der Waals surface area contributed by atoms with Crippen LogP contribution < -0.4 is 5.32 Å². The zero-order valence-electron chi connectivity index (χ0n) is 14.1. The van der Waals surface area contributed by atoms with Crippen LogP contribution in [0.25, 0.3) is 0 Å². The third-order valence-corrected chi connectivity index (χ3v) is 5.16. The number of nitrogens with one attached hydrogen (secondary N) is 1. The lowest BCUT2D eigenvalue weighted by molar-refractivity contribution is 0.00221. The van der Waals surface area contributed by atoms with Crippen molar-refractivity contribution >= 4 is 0 Å². The highest BCUT2D eigenvalue weighted by molar-refractivity contribution is 5.08. The molecule has 2 heterocycles. The summed E-state index contributed by atoms with van der Waals surface area (Å²) in [5.74, 6) is 1.92. The Balaban J connectivity index is 1.84. The first-order chi connectivity index (χ1) is 9.82. The molecule has 1 saturated heterocycles. The summed E-state index contributed by atoms with van der Waals surface area (Å²) in [6.45, 7) is 14.4. The Labute approximate surface area is 128 Å². The van der Waals surface area contributed by atoms with Gasteiger partial charge in [-0.25, -0.2) is 9.67 Å². The van der Waals surface area contributed by atoms with Gasteiger partial charge in [0.1, 0.15) is 12.2 Å². The third kappa shape index (κ3) is 2.86. The SMILES string of the molecule is CC(C)n1ncnc1CN1CC(C)(C)NCC1(C)C1CC1. The van der Waals surface area contributed by atoms with E-state index in [1.54, 1.807) is 6.33 Å². The largest absolute Gasteiger partial charge is 0.309 e. The lowest BCUT2D eigenvalue weighted by Crippen LogP contribution is -2.67. The van der Waals surface area contributed by atoms with Crippen molar-refractivity contribution in [2.24, 2.45) is 5.92 Å². The molecule has 5 nitrogen and oxygen atoms in total. The molecule has 1 aliphatic carbocycles. The van der Waals surface area contributed by atoms with Gasteiger partial charge in [0.25, 0.3) is 0 Å². The van der Waals surface area contributed by atoms with Crippen LogP contribution in [0.1, 0.15) is 59.3 Å². The highest BCUT2D eigenvalue weighted by atomic mass is 15.4. The van der Waals surface area contributed by atoms with Crippen LogP contribution in [0.3, 0.4) is 0 Å². The molecule has 1 aliphatic heterocycles. The van der Waals surface area contributed by atoms with Crippen molar-refractivity contribution in [2.75, 3.05) is 13.1 Å². The van der Waals surface area contributed by atoms with Gasteiger partial charge in [0.2, 0.25) is 0 Å². The molecule has 2 fully saturated rings. The Kier molecular flexibility index (Phi) is 3.61. The second kappa shape index (κ2) is 5.06. The second-order valence-electron chi connectivity index (χ2n) is 7.94. The average Bonchev–Trinajstić information content (AvgIpc) is 3.15. The summed E-state index contributed by atoms with van der Waals surface area (Å²) in [4.78, 5) is 7.16. The van der Waals surface area contributed by atoms with E-state index in [-0.39, 0.29) is 11.1 Å². The van der Waals surface area contributed by atoms with Crippen molar-refractivity contribution in [3.63, 3.8) is 0 Å². The number of piperazine rings is 1. The van der Waals surface area contributed by atoms with Gasteiger partial charge >= 0.3 is 0 Å². The highest BCUT2D eigenvalue weighted by Crippen LogP contribution is 2.45. The van der Waals surface area contributed by atoms with Gasteiger partial charge in [-0.05, 0) is 53.4 Å². The summed E-state index contributed by atoms with van der Waals surface area (Å²) in [6.07, 6.45) is 4.43. The average molecular weight is 291 g/mol. The van der Waals surface area contributed by atoms with Crippen LogP contribution in [-0.2, 0) is 6.54 Å². The predicted octanol–water partition coefficient (Wildman–Crippen LogP) is 2.21. The van der Waals surface area contributed by atoms with Gasteiger partial charge in [-0.1, -0.05) is 0 Å². The van der Waals surface area contributed by atoms with Crippen molar-refractivity contribution < 1.29 is 0 Å². The minimum absolute atomic E-state index is 0.164. The number of nitrogens with zero attached hydrogens (tertiary/aromatic N) is 4. The van der Waals surface area contributed by atoms with E-state index in [0.29, 0.717) is 6.04 Å². The number of rotatable bonds is 4. The molecular formula is C16H29N5. The third-order valence-electron chi connectivity index (χ3n) is 5.16. The van der Waals surface area contributed by atoms with E-state index in [9.17, 15) is 0 Å². The molecule has 1 unspecified atom stereocenters. The summed E-state index contributed by atoms with van der Waals surface area (Å²) >= 11 is 0. The predicted molar refractivity (Wildman–Crippen MR) is 84.0 cm³/mol. The smallest absolute Gasteiger partial charge is 0.141 e. The van der Waals surface area contributed by atoms with Gasteiger partial charge in [0, 0.05) is 30.2 Å². The van der Waals surface area contributed by atoms with Crippen LogP contribution in [0.5, 0.6) is 0 Å². The molecule has 5 heteroatoms.